The van der Waals surface area contributed by atoms with E-state index in [0.717, 1.165) is 11.4 Å². The van der Waals surface area contributed by atoms with Crippen molar-refractivity contribution in [3.8, 4) is 0 Å². The van der Waals surface area contributed by atoms with Crippen molar-refractivity contribution in [1.29, 1.82) is 0 Å². The minimum atomic E-state index is 0.462. The van der Waals surface area contributed by atoms with Crippen molar-refractivity contribution in [3.63, 3.8) is 0 Å². The van der Waals surface area contributed by atoms with Crippen LogP contribution in [-0.2, 0) is 12.8 Å². The normalized spacial score (nSPS) is 12.6. The average molecular weight is 659 g/mol. The van der Waals surface area contributed by atoms with E-state index in [1.54, 1.807) is 0 Å². The van der Waals surface area contributed by atoms with Crippen LogP contribution in [0.2, 0.25) is 0 Å². The first-order chi connectivity index (χ1) is 24.1. The molecule has 0 radical (unpaired) electrons. The highest BCUT2D eigenvalue weighted by molar-refractivity contribution is 5.44. The number of aryl methyl sites for hydroxylation is 2. The van der Waals surface area contributed by atoms with Gasteiger partial charge in [-0.15, -0.1) is 0 Å². The summed E-state index contributed by atoms with van der Waals surface area (Å²) in [6.07, 6.45) is 24.5. The van der Waals surface area contributed by atoms with Crippen LogP contribution in [0.5, 0.6) is 0 Å². The molecule has 4 rings (SSSR count). The topological polar surface area (TPSA) is 52.0 Å². The minimum absolute atomic E-state index is 0.462. The van der Waals surface area contributed by atoms with Crippen molar-refractivity contribution in [1.82, 2.24) is 0 Å². The van der Waals surface area contributed by atoms with Gasteiger partial charge in [-0.2, -0.15) is 0 Å². The van der Waals surface area contributed by atoms with Gasteiger partial charge in [0.15, 0.2) is 0 Å². The molecular weight excluding hydrogens is 593 g/mol. The molecule has 0 aromatic heterocycles. The van der Waals surface area contributed by atoms with Crippen LogP contribution >= 0.6 is 0 Å². The van der Waals surface area contributed by atoms with E-state index in [2.05, 4.69) is 111 Å². The summed E-state index contributed by atoms with van der Waals surface area (Å²) in [5.74, 6) is 0.923. The Morgan fingerprint density at radius 2 is 0.633 bits per heavy atom. The number of rotatable bonds is 24. The second-order valence-electron chi connectivity index (χ2n) is 14.6. The van der Waals surface area contributed by atoms with E-state index in [4.69, 9.17) is 11.5 Å². The lowest BCUT2D eigenvalue weighted by atomic mass is 9.86. The van der Waals surface area contributed by atoms with E-state index in [1.807, 2.05) is 0 Å². The highest BCUT2D eigenvalue weighted by Crippen LogP contribution is 2.32. The summed E-state index contributed by atoms with van der Waals surface area (Å²) in [7, 11) is 0. The molecule has 2 atom stereocenters. The summed E-state index contributed by atoms with van der Waals surface area (Å²) in [4.78, 5) is 0. The van der Waals surface area contributed by atoms with Crippen LogP contribution < -0.4 is 11.5 Å². The minimum Gasteiger partial charge on any atom is -0.399 e. The van der Waals surface area contributed by atoms with Gasteiger partial charge in [-0.1, -0.05) is 170 Å². The lowest BCUT2D eigenvalue weighted by Gasteiger charge is -2.19. The van der Waals surface area contributed by atoms with Crippen molar-refractivity contribution in [3.05, 3.63) is 130 Å². The molecule has 4 aromatic rings. The molecule has 0 saturated carbocycles. The Labute approximate surface area is 300 Å². The fourth-order valence-corrected chi connectivity index (χ4v) is 7.43. The Bertz CT molecular complexity index is 1290. The van der Waals surface area contributed by atoms with E-state index in [9.17, 15) is 0 Å². The maximum atomic E-state index is 5.99. The Kier molecular flexibility index (Phi) is 17.4. The first-order valence-corrected chi connectivity index (χ1v) is 20.0. The van der Waals surface area contributed by atoms with Crippen LogP contribution in [0.4, 0.5) is 11.4 Å². The number of benzene rings is 4. The number of hydrogen-bond acceptors (Lipinski definition) is 2. The molecule has 2 heteroatoms. The summed E-state index contributed by atoms with van der Waals surface area (Å²) < 4.78 is 0. The van der Waals surface area contributed by atoms with Crippen molar-refractivity contribution in [2.45, 2.75) is 148 Å². The van der Waals surface area contributed by atoms with E-state index in [-0.39, 0.29) is 0 Å². The second kappa shape index (κ2) is 22.2. The number of anilines is 2. The first-order valence-electron chi connectivity index (χ1n) is 20.0. The molecule has 0 aliphatic carbocycles. The Hall–Kier alpha value is -3.52. The van der Waals surface area contributed by atoms with Gasteiger partial charge >= 0.3 is 0 Å². The smallest absolute Gasteiger partial charge is 0.0314 e. The third-order valence-electron chi connectivity index (χ3n) is 10.6. The Morgan fingerprint density at radius 3 is 0.959 bits per heavy atom. The molecule has 4 N–H and O–H groups in total. The molecule has 0 aliphatic heterocycles. The van der Waals surface area contributed by atoms with Crippen LogP contribution in [-0.4, -0.2) is 0 Å². The number of nitrogen functional groups attached to an aromatic ring is 2. The van der Waals surface area contributed by atoms with Gasteiger partial charge in [-0.05, 0) is 96.2 Å². The van der Waals surface area contributed by atoms with E-state index in [0.29, 0.717) is 11.8 Å². The maximum absolute atomic E-state index is 5.99. The third-order valence-corrected chi connectivity index (χ3v) is 10.6. The molecule has 0 spiro atoms. The van der Waals surface area contributed by atoms with Crippen LogP contribution in [0.15, 0.2) is 97.1 Å². The van der Waals surface area contributed by atoms with Gasteiger partial charge in [-0.3, -0.25) is 0 Å². The largest absolute Gasteiger partial charge is 0.399 e. The summed E-state index contributed by atoms with van der Waals surface area (Å²) in [6.45, 7) is 4.57. The van der Waals surface area contributed by atoms with Gasteiger partial charge in [0.05, 0.1) is 0 Å². The van der Waals surface area contributed by atoms with Gasteiger partial charge in [-0.25, -0.2) is 0 Å². The number of hydrogen-bond donors (Lipinski definition) is 2. The van der Waals surface area contributed by atoms with Gasteiger partial charge in [0, 0.05) is 23.2 Å². The van der Waals surface area contributed by atoms with Crippen molar-refractivity contribution < 1.29 is 0 Å². The zero-order valence-corrected chi connectivity index (χ0v) is 31.0. The zero-order chi connectivity index (χ0) is 34.5. The van der Waals surface area contributed by atoms with Crippen molar-refractivity contribution in [2.75, 3.05) is 11.5 Å². The van der Waals surface area contributed by atoms with Crippen LogP contribution in [0.25, 0.3) is 0 Å². The third kappa shape index (κ3) is 13.7. The number of unbranched alkanes of at least 4 members (excludes halogenated alkanes) is 12. The predicted octanol–water partition coefficient (Wildman–Crippen LogP) is 13.6. The van der Waals surface area contributed by atoms with E-state index in [1.165, 1.54) is 155 Å². The Morgan fingerprint density at radius 1 is 0.347 bits per heavy atom. The quantitative estimate of drug-likeness (QED) is 0.0581. The predicted molar refractivity (Wildman–Crippen MR) is 216 cm³/mol. The van der Waals surface area contributed by atoms with Crippen LogP contribution in [0.1, 0.15) is 168 Å². The Balaban J connectivity index is 1.12. The molecule has 0 aliphatic rings. The first kappa shape index (κ1) is 38.3. The van der Waals surface area contributed by atoms with Gasteiger partial charge < -0.3 is 11.5 Å². The van der Waals surface area contributed by atoms with Crippen LogP contribution in [0.3, 0.4) is 0 Å². The monoisotopic (exact) mass is 659 g/mol. The summed E-state index contributed by atoms with van der Waals surface area (Å²) in [6, 6.07) is 36.2. The average Bonchev–Trinajstić information content (AvgIpc) is 3.13. The zero-order valence-electron chi connectivity index (χ0n) is 31.0. The molecule has 49 heavy (non-hydrogen) atoms. The van der Waals surface area contributed by atoms with E-state index >= 15 is 0 Å². The van der Waals surface area contributed by atoms with E-state index < -0.39 is 0 Å². The molecule has 4 aromatic carbocycles. The molecule has 0 amide bonds. The molecule has 0 fully saturated rings. The second-order valence-corrected chi connectivity index (χ2v) is 14.6. The van der Waals surface area contributed by atoms with Gasteiger partial charge in [0.1, 0.15) is 0 Å². The van der Waals surface area contributed by atoms with Gasteiger partial charge in [0.25, 0.3) is 0 Å². The van der Waals surface area contributed by atoms with Gasteiger partial charge in [0.2, 0.25) is 0 Å². The fraction of sp³-hybridized carbons (Fsp3) is 0.489. The SMILES string of the molecule is CCCCCCC(c1ccc(N)cc1)c1ccc(CCCCCCCCCc2ccc(C(CCCCCC)c3ccc(N)cc3)cc2)cc1. The highest BCUT2D eigenvalue weighted by Gasteiger charge is 2.15. The maximum Gasteiger partial charge on any atom is 0.0314 e. The number of nitrogens with two attached hydrogens (primary N) is 2. The molecule has 264 valence electrons. The lowest BCUT2D eigenvalue weighted by Crippen LogP contribution is -2.02. The molecule has 0 saturated heterocycles. The lowest BCUT2D eigenvalue weighted by molar-refractivity contribution is 0.578. The van der Waals surface area contributed by atoms with Crippen molar-refractivity contribution in [2.24, 2.45) is 0 Å². The molecule has 0 bridgehead atoms. The molecule has 0 heterocycles. The highest BCUT2D eigenvalue weighted by atomic mass is 14.5. The molecule has 2 unspecified atom stereocenters. The summed E-state index contributed by atoms with van der Waals surface area (Å²) in [5, 5.41) is 0. The fourth-order valence-electron chi connectivity index (χ4n) is 7.43. The molecular formula is C47H66N2. The summed E-state index contributed by atoms with van der Waals surface area (Å²) >= 11 is 0. The van der Waals surface area contributed by atoms with Crippen molar-refractivity contribution >= 4 is 11.4 Å². The molecule has 2 nitrogen and oxygen atoms in total. The van der Waals surface area contributed by atoms with Crippen LogP contribution in [0, 0.1) is 0 Å². The standard InChI is InChI=1S/C47H66N2/c1-3-5-7-16-20-46(42-30-34-44(48)35-31-42)40-26-22-38(23-27-40)18-14-12-10-9-11-13-15-19-39-24-28-41(29-25-39)47(21-17-8-6-4-2)43-32-36-45(49)37-33-43/h22-37,46-47H,3-21,48-49H2,1-2H3. The summed E-state index contributed by atoms with van der Waals surface area (Å²) in [5.41, 5.74) is 22.3.